The molecule has 0 saturated carbocycles. The first-order valence-corrected chi connectivity index (χ1v) is 11.6. The van der Waals surface area contributed by atoms with Gasteiger partial charge in [-0.05, 0) is 36.9 Å². The first kappa shape index (κ1) is 21.8. The maximum atomic E-state index is 13.8. The van der Waals surface area contributed by atoms with Gasteiger partial charge in [-0.15, -0.1) is 11.8 Å². The fraction of sp³-hybridized carbons (Fsp3) is 0.200. The monoisotopic (exact) mass is 448 g/mol. The molecule has 10 heteroatoms. The summed E-state index contributed by atoms with van der Waals surface area (Å²) in [5.74, 6) is -0.741. The minimum Gasteiger partial charge on any atom is -0.383 e. The van der Waals surface area contributed by atoms with Crippen LogP contribution in [0.5, 0.6) is 0 Å². The number of carbonyl (C=O) groups excluding carboxylic acids is 1. The number of hydrogen-bond acceptors (Lipinski definition) is 6. The van der Waals surface area contributed by atoms with Crippen LogP contribution in [0.2, 0.25) is 0 Å². The molecule has 0 saturated heterocycles. The van der Waals surface area contributed by atoms with Gasteiger partial charge in [0.1, 0.15) is 28.1 Å². The molecule has 158 valence electrons. The maximum Gasteiger partial charge on any atom is 0.246 e. The van der Waals surface area contributed by atoms with E-state index in [0.29, 0.717) is 5.75 Å². The van der Waals surface area contributed by atoms with Gasteiger partial charge in [-0.25, -0.2) is 17.5 Å². The Labute approximate surface area is 178 Å². The number of rotatable bonds is 7. The first-order valence-electron chi connectivity index (χ1n) is 9.09. The zero-order valence-electron chi connectivity index (χ0n) is 16.4. The number of aryl methyl sites for hydroxylation is 1. The molecule has 1 heterocycles. The van der Waals surface area contributed by atoms with Crippen LogP contribution >= 0.6 is 11.8 Å². The number of hydrogen-bond donors (Lipinski definition) is 2. The molecule has 3 rings (SSSR count). The number of carbonyl (C=O) groups is 1. The number of benzene rings is 2. The highest BCUT2D eigenvalue weighted by Gasteiger charge is 2.30. The third-order valence-electron chi connectivity index (χ3n) is 4.24. The Morgan fingerprint density at radius 2 is 1.87 bits per heavy atom. The Balaban J connectivity index is 1.95. The predicted octanol–water partition coefficient (Wildman–Crippen LogP) is 3.50. The SMILES string of the molecule is CCSc1nn(CC(=O)Nc2ccccc2F)c(N)c1S(=O)(=O)c1ccc(C)cc1. The molecule has 3 N–H and O–H groups in total. The van der Waals surface area contributed by atoms with Gasteiger partial charge in [0.25, 0.3) is 0 Å². The van der Waals surface area contributed by atoms with Crippen LogP contribution in [0.15, 0.2) is 63.3 Å². The molecule has 30 heavy (non-hydrogen) atoms. The average Bonchev–Trinajstić information content (AvgIpc) is 3.00. The standard InChI is InChI=1S/C20H21FN4O3S2/c1-3-29-20-18(30(27,28)14-10-8-13(2)9-11-14)19(22)25(24-20)12-17(26)23-16-7-5-4-6-15(16)21/h4-11H,3,12,22H2,1-2H3,(H,23,26). The van der Waals surface area contributed by atoms with Gasteiger partial charge in [0.15, 0.2) is 0 Å². The minimum absolute atomic E-state index is 0.0175. The summed E-state index contributed by atoms with van der Waals surface area (Å²) in [6.07, 6.45) is 0. The van der Waals surface area contributed by atoms with Gasteiger partial charge in [-0.3, -0.25) is 4.79 Å². The normalized spacial score (nSPS) is 11.4. The van der Waals surface area contributed by atoms with Crippen LogP contribution in [0.4, 0.5) is 15.9 Å². The van der Waals surface area contributed by atoms with E-state index in [2.05, 4.69) is 10.4 Å². The second-order valence-corrected chi connectivity index (χ2v) is 9.59. The number of aromatic nitrogens is 2. The van der Waals surface area contributed by atoms with Crippen LogP contribution in [0.3, 0.4) is 0 Å². The fourth-order valence-electron chi connectivity index (χ4n) is 2.76. The van der Waals surface area contributed by atoms with Crippen LogP contribution in [0.1, 0.15) is 12.5 Å². The van der Waals surface area contributed by atoms with E-state index in [0.717, 1.165) is 10.2 Å². The van der Waals surface area contributed by atoms with E-state index in [-0.39, 0.29) is 32.9 Å². The molecule has 7 nitrogen and oxygen atoms in total. The Morgan fingerprint density at radius 1 is 1.20 bits per heavy atom. The summed E-state index contributed by atoms with van der Waals surface area (Å²) in [5, 5.41) is 6.89. The number of thioether (sulfide) groups is 1. The first-order chi connectivity index (χ1) is 14.2. The molecule has 0 atom stereocenters. The van der Waals surface area contributed by atoms with E-state index in [1.54, 1.807) is 18.2 Å². The van der Waals surface area contributed by atoms with Crippen molar-refractivity contribution < 1.29 is 17.6 Å². The van der Waals surface area contributed by atoms with Crippen molar-refractivity contribution in [1.29, 1.82) is 0 Å². The van der Waals surface area contributed by atoms with Crippen molar-refractivity contribution in [1.82, 2.24) is 9.78 Å². The Hall–Kier alpha value is -2.85. The molecule has 0 bridgehead atoms. The lowest BCUT2D eigenvalue weighted by Crippen LogP contribution is -2.21. The molecule has 1 amide bonds. The van der Waals surface area contributed by atoms with E-state index >= 15 is 0 Å². The highest BCUT2D eigenvalue weighted by Crippen LogP contribution is 2.35. The third kappa shape index (κ3) is 4.49. The molecule has 0 unspecified atom stereocenters. The number of amides is 1. The number of nitrogens with zero attached hydrogens (tertiary/aromatic N) is 2. The molecular weight excluding hydrogens is 427 g/mol. The van der Waals surface area contributed by atoms with Crippen LogP contribution in [0.25, 0.3) is 0 Å². The molecule has 0 aliphatic carbocycles. The van der Waals surface area contributed by atoms with Crippen molar-refractivity contribution >= 4 is 39.0 Å². The third-order valence-corrected chi connectivity index (χ3v) is 7.05. The molecule has 0 fully saturated rings. The lowest BCUT2D eigenvalue weighted by atomic mass is 10.2. The van der Waals surface area contributed by atoms with Gasteiger partial charge >= 0.3 is 0 Å². The second kappa shape index (κ2) is 8.88. The van der Waals surface area contributed by atoms with Crippen molar-refractivity contribution in [2.75, 3.05) is 16.8 Å². The van der Waals surface area contributed by atoms with Gasteiger partial charge in [0.05, 0.1) is 10.6 Å². The van der Waals surface area contributed by atoms with Gasteiger partial charge in [0, 0.05) is 0 Å². The minimum atomic E-state index is -3.94. The zero-order chi connectivity index (χ0) is 21.9. The number of anilines is 2. The Morgan fingerprint density at radius 3 is 2.50 bits per heavy atom. The van der Waals surface area contributed by atoms with Gasteiger partial charge in [-0.1, -0.05) is 36.8 Å². The Bertz CT molecular complexity index is 1180. The molecule has 0 radical (unpaired) electrons. The van der Waals surface area contributed by atoms with Crippen molar-refractivity contribution in [3.05, 3.63) is 59.9 Å². The van der Waals surface area contributed by atoms with Gasteiger partial charge < -0.3 is 11.1 Å². The summed E-state index contributed by atoms with van der Waals surface area (Å²) in [6, 6.07) is 12.1. The van der Waals surface area contributed by atoms with Gasteiger partial charge in [0.2, 0.25) is 15.7 Å². The smallest absolute Gasteiger partial charge is 0.246 e. The summed E-state index contributed by atoms with van der Waals surface area (Å²) >= 11 is 1.21. The van der Waals surface area contributed by atoms with E-state index in [4.69, 9.17) is 5.73 Å². The van der Waals surface area contributed by atoms with Crippen LogP contribution in [0, 0.1) is 12.7 Å². The lowest BCUT2D eigenvalue weighted by Gasteiger charge is -2.08. The summed E-state index contributed by atoms with van der Waals surface area (Å²) < 4.78 is 41.3. The van der Waals surface area contributed by atoms with Crippen molar-refractivity contribution in [3.63, 3.8) is 0 Å². The van der Waals surface area contributed by atoms with Crippen molar-refractivity contribution in [2.24, 2.45) is 0 Å². The molecule has 1 aromatic heterocycles. The molecular formula is C20H21FN4O3S2. The Kier molecular flexibility index (Phi) is 6.47. The summed E-state index contributed by atoms with van der Waals surface area (Å²) in [6.45, 7) is 3.35. The highest BCUT2D eigenvalue weighted by molar-refractivity contribution is 8.00. The summed E-state index contributed by atoms with van der Waals surface area (Å²) in [7, 11) is -3.94. The van der Waals surface area contributed by atoms with Crippen LogP contribution < -0.4 is 11.1 Å². The zero-order valence-corrected chi connectivity index (χ0v) is 18.1. The predicted molar refractivity (Wildman–Crippen MR) is 115 cm³/mol. The quantitative estimate of drug-likeness (QED) is 0.536. The van der Waals surface area contributed by atoms with E-state index < -0.39 is 21.6 Å². The van der Waals surface area contributed by atoms with E-state index in [1.807, 2.05) is 13.8 Å². The highest BCUT2D eigenvalue weighted by atomic mass is 32.2. The number of halogens is 1. The average molecular weight is 449 g/mol. The van der Waals surface area contributed by atoms with E-state index in [1.165, 1.54) is 42.1 Å². The fourth-order valence-corrected chi connectivity index (χ4v) is 5.32. The van der Waals surface area contributed by atoms with Gasteiger partial charge in [-0.2, -0.15) is 5.10 Å². The topological polar surface area (TPSA) is 107 Å². The molecule has 3 aromatic rings. The van der Waals surface area contributed by atoms with E-state index in [9.17, 15) is 17.6 Å². The number of para-hydroxylation sites is 1. The number of nitrogen functional groups attached to an aromatic ring is 1. The largest absolute Gasteiger partial charge is 0.383 e. The molecule has 0 aliphatic rings. The molecule has 0 spiro atoms. The van der Waals surface area contributed by atoms with Crippen LogP contribution in [-0.2, 0) is 21.2 Å². The number of nitrogens with two attached hydrogens (primary N) is 1. The summed E-state index contributed by atoms with van der Waals surface area (Å²) in [5.41, 5.74) is 7.05. The van der Waals surface area contributed by atoms with Crippen LogP contribution in [-0.4, -0.2) is 29.9 Å². The van der Waals surface area contributed by atoms with Crippen molar-refractivity contribution in [3.8, 4) is 0 Å². The maximum absolute atomic E-state index is 13.8. The second-order valence-electron chi connectivity index (χ2n) is 6.45. The number of sulfone groups is 1. The summed E-state index contributed by atoms with van der Waals surface area (Å²) in [4.78, 5) is 12.3. The molecule has 0 aliphatic heterocycles. The van der Waals surface area contributed by atoms with Crippen molar-refractivity contribution in [2.45, 2.75) is 35.2 Å². The number of nitrogens with one attached hydrogen (secondary N) is 1. The molecule has 2 aromatic carbocycles. The lowest BCUT2D eigenvalue weighted by molar-refractivity contribution is -0.116.